The van der Waals surface area contributed by atoms with Crippen LogP contribution in [0.4, 0.5) is 5.13 Å². The molecule has 6 nitrogen and oxygen atoms in total. The molecule has 0 aliphatic carbocycles. The number of carbonyl (C=O) groups excluding carboxylic acids is 1. The number of anilines is 1. The molecule has 2 heterocycles. The van der Waals surface area contributed by atoms with Crippen molar-refractivity contribution < 1.29 is 14.6 Å². The molecule has 0 bridgehead atoms. The fraction of sp³-hybridized carbons (Fsp3) is 0.0625. The number of pyridine rings is 1. The molecule has 0 fully saturated rings. The van der Waals surface area contributed by atoms with Gasteiger partial charge in [-0.05, 0) is 30.3 Å². The number of carbonyl (C=O) groups is 1. The molecule has 1 amide bonds. The van der Waals surface area contributed by atoms with Gasteiger partial charge in [-0.25, -0.2) is 4.98 Å². The molecule has 0 aliphatic rings. The number of methoxy groups -OCH3 is 1. The van der Waals surface area contributed by atoms with Gasteiger partial charge in [-0.1, -0.05) is 6.07 Å². The number of benzene rings is 1. The maximum absolute atomic E-state index is 12.0. The number of aromatic hydroxyl groups is 1. The molecule has 116 valence electrons. The Bertz CT molecular complexity index is 834. The number of phenols is 1. The van der Waals surface area contributed by atoms with Crippen molar-refractivity contribution in [2.75, 3.05) is 12.4 Å². The number of hydrogen-bond acceptors (Lipinski definition) is 6. The second-order valence-electron chi connectivity index (χ2n) is 4.59. The fourth-order valence-corrected chi connectivity index (χ4v) is 2.67. The van der Waals surface area contributed by atoms with E-state index in [1.807, 2.05) is 5.38 Å². The van der Waals surface area contributed by atoms with Crippen molar-refractivity contribution in [2.45, 2.75) is 0 Å². The number of phenolic OH excluding ortho intramolecular Hbond substituents is 1. The van der Waals surface area contributed by atoms with Gasteiger partial charge in [0.05, 0.1) is 12.8 Å². The van der Waals surface area contributed by atoms with Crippen molar-refractivity contribution in [3.05, 3.63) is 53.7 Å². The maximum Gasteiger partial charge on any atom is 0.276 e. The van der Waals surface area contributed by atoms with E-state index in [0.717, 1.165) is 5.56 Å². The molecule has 0 saturated carbocycles. The zero-order valence-electron chi connectivity index (χ0n) is 12.2. The first-order chi connectivity index (χ1) is 11.2. The molecule has 23 heavy (non-hydrogen) atoms. The van der Waals surface area contributed by atoms with Crippen LogP contribution >= 0.6 is 11.3 Å². The van der Waals surface area contributed by atoms with Crippen LogP contribution in [0, 0.1) is 0 Å². The van der Waals surface area contributed by atoms with Crippen LogP contribution in [0.15, 0.2) is 48.0 Å². The van der Waals surface area contributed by atoms with Crippen LogP contribution in [-0.2, 0) is 0 Å². The topological polar surface area (TPSA) is 84.3 Å². The molecule has 0 radical (unpaired) electrons. The molecule has 2 N–H and O–H groups in total. The van der Waals surface area contributed by atoms with Gasteiger partial charge in [-0.2, -0.15) is 0 Å². The molecule has 3 aromatic rings. The quantitative estimate of drug-likeness (QED) is 0.769. The lowest BCUT2D eigenvalue weighted by Crippen LogP contribution is -2.13. The zero-order valence-corrected chi connectivity index (χ0v) is 13.0. The summed E-state index contributed by atoms with van der Waals surface area (Å²) in [4.78, 5) is 20.4. The lowest BCUT2D eigenvalue weighted by atomic mass is 10.1. The number of amides is 1. The van der Waals surface area contributed by atoms with E-state index in [1.54, 1.807) is 42.6 Å². The Morgan fingerprint density at radius 3 is 2.91 bits per heavy atom. The molecule has 1 aromatic carbocycles. The highest BCUT2D eigenvalue weighted by atomic mass is 32.1. The van der Waals surface area contributed by atoms with Crippen molar-refractivity contribution >= 4 is 22.4 Å². The average molecular weight is 327 g/mol. The summed E-state index contributed by atoms with van der Waals surface area (Å²) in [6.07, 6.45) is 1.56. The number of thiazole rings is 1. The van der Waals surface area contributed by atoms with Crippen molar-refractivity contribution in [3.63, 3.8) is 0 Å². The Morgan fingerprint density at radius 1 is 1.30 bits per heavy atom. The molecule has 0 saturated heterocycles. The van der Waals surface area contributed by atoms with E-state index in [9.17, 15) is 9.90 Å². The summed E-state index contributed by atoms with van der Waals surface area (Å²) in [5, 5.41) is 14.6. The van der Waals surface area contributed by atoms with Crippen LogP contribution in [0.3, 0.4) is 0 Å². The molecule has 0 unspecified atom stereocenters. The second-order valence-corrected chi connectivity index (χ2v) is 5.45. The normalized spacial score (nSPS) is 10.3. The van der Waals surface area contributed by atoms with Crippen molar-refractivity contribution in [3.8, 4) is 22.8 Å². The number of rotatable bonds is 4. The first-order valence-electron chi connectivity index (χ1n) is 6.72. The van der Waals surface area contributed by atoms with E-state index in [-0.39, 0.29) is 11.7 Å². The number of nitrogens with zero attached hydrogens (tertiary/aromatic N) is 2. The molecule has 0 atom stereocenters. The summed E-state index contributed by atoms with van der Waals surface area (Å²) in [6.45, 7) is 0. The Morgan fingerprint density at radius 2 is 2.17 bits per heavy atom. The summed E-state index contributed by atoms with van der Waals surface area (Å²) in [7, 11) is 1.48. The minimum Gasteiger partial charge on any atom is -0.504 e. The van der Waals surface area contributed by atoms with E-state index in [0.29, 0.717) is 22.3 Å². The third-order valence-corrected chi connectivity index (χ3v) is 3.86. The lowest BCUT2D eigenvalue weighted by Gasteiger charge is -2.04. The third-order valence-electron chi connectivity index (χ3n) is 3.10. The summed E-state index contributed by atoms with van der Waals surface area (Å²) in [5.41, 5.74) is 1.80. The van der Waals surface area contributed by atoms with E-state index >= 15 is 0 Å². The molecule has 7 heteroatoms. The van der Waals surface area contributed by atoms with Gasteiger partial charge in [-0.15, -0.1) is 11.3 Å². The zero-order chi connectivity index (χ0) is 16.2. The van der Waals surface area contributed by atoms with Gasteiger partial charge in [0, 0.05) is 17.1 Å². The monoisotopic (exact) mass is 327 g/mol. The third kappa shape index (κ3) is 3.29. The van der Waals surface area contributed by atoms with Gasteiger partial charge in [0.15, 0.2) is 16.6 Å². The van der Waals surface area contributed by atoms with Gasteiger partial charge in [0.1, 0.15) is 5.69 Å². The fourth-order valence-electron chi connectivity index (χ4n) is 1.96. The van der Waals surface area contributed by atoms with Crippen molar-refractivity contribution in [1.82, 2.24) is 9.97 Å². The first kappa shape index (κ1) is 15.0. The van der Waals surface area contributed by atoms with Gasteiger partial charge < -0.3 is 9.84 Å². The number of nitrogens with one attached hydrogen (secondary N) is 1. The highest BCUT2D eigenvalue weighted by Gasteiger charge is 2.12. The van der Waals surface area contributed by atoms with E-state index in [2.05, 4.69) is 15.3 Å². The number of ether oxygens (including phenoxy) is 1. The molecule has 0 aliphatic heterocycles. The molecular weight excluding hydrogens is 314 g/mol. The van der Waals surface area contributed by atoms with Crippen LogP contribution in [0.1, 0.15) is 10.5 Å². The Kier molecular flexibility index (Phi) is 4.20. The largest absolute Gasteiger partial charge is 0.504 e. The first-order valence-corrected chi connectivity index (χ1v) is 7.60. The second kappa shape index (κ2) is 6.45. The summed E-state index contributed by atoms with van der Waals surface area (Å²) >= 11 is 1.31. The lowest BCUT2D eigenvalue weighted by molar-refractivity contribution is 0.102. The smallest absolute Gasteiger partial charge is 0.276 e. The molecule has 2 aromatic heterocycles. The van der Waals surface area contributed by atoms with Gasteiger partial charge >= 0.3 is 0 Å². The highest BCUT2D eigenvalue weighted by molar-refractivity contribution is 7.14. The van der Waals surface area contributed by atoms with E-state index in [4.69, 9.17) is 4.74 Å². The van der Waals surface area contributed by atoms with Gasteiger partial charge in [-0.3, -0.25) is 15.1 Å². The van der Waals surface area contributed by atoms with E-state index < -0.39 is 0 Å². The van der Waals surface area contributed by atoms with Crippen LogP contribution in [0.5, 0.6) is 11.5 Å². The summed E-state index contributed by atoms with van der Waals surface area (Å²) in [6, 6.07) is 10.1. The summed E-state index contributed by atoms with van der Waals surface area (Å²) in [5.74, 6) is 0.125. The Labute approximate surface area is 136 Å². The SMILES string of the molecule is COc1cc(-c2csc(NC(=O)c3ccccn3)n2)ccc1O. The predicted octanol–water partition coefficient (Wildman–Crippen LogP) is 3.17. The van der Waals surface area contributed by atoms with Crippen molar-refractivity contribution in [1.29, 1.82) is 0 Å². The van der Waals surface area contributed by atoms with Crippen LogP contribution in [0.25, 0.3) is 11.3 Å². The number of aromatic nitrogens is 2. The Balaban J connectivity index is 1.79. The van der Waals surface area contributed by atoms with Crippen molar-refractivity contribution in [2.24, 2.45) is 0 Å². The van der Waals surface area contributed by atoms with Crippen LogP contribution in [0.2, 0.25) is 0 Å². The minimum absolute atomic E-state index is 0.0650. The average Bonchev–Trinajstić information content (AvgIpc) is 3.04. The van der Waals surface area contributed by atoms with Gasteiger partial charge in [0.2, 0.25) is 0 Å². The standard InChI is InChI=1S/C16H13N3O3S/c1-22-14-8-10(5-6-13(14)20)12-9-23-16(18-12)19-15(21)11-4-2-3-7-17-11/h2-9,20H,1H3,(H,18,19,21). The predicted molar refractivity (Wildman–Crippen MR) is 88.0 cm³/mol. The van der Waals surface area contributed by atoms with Crippen LogP contribution < -0.4 is 10.1 Å². The highest BCUT2D eigenvalue weighted by Crippen LogP contribution is 2.32. The molecule has 3 rings (SSSR count). The maximum atomic E-state index is 12.0. The number of hydrogen-bond donors (Lipinski definition) is 2. The minimum atomic E-state index is -0.310. The Hall–Kier alpha value is -2.93. The van der Waals surface area contributed by atoms with Gasteiger partial charge in [0.25, 0.3) is 5.91 Å². The molecule has 0 spiro atoms. The van der Waals surface area contributed by atoms with Crippen LogP contribution in [-0.4, -0.2) is 28.1 Å². The van der Waals surface area contributed by atoms with E-state index in [1.165, 1.54) is 18.4 Å². The molecular formula is C16H13N3O3S. The summed E-state index contributed by atoms with van der Waals surface area (Å²) < 4.78 is 5.08.